The summed E-state index contributed by atoms with van der Waals surface area (Å²) in [5.74, 6) is -2.15. The molecule has 0 radical (unpaired) electrons. The molecule has 2 aromatic carbocycles. The first-order chi connectivity index (χ1) is 17.5. The third kappa shape index (κ3) is 4.41. The molecular formula is C26H22F4N4O3. The van der Waals surface area contributed by atoms with Crippen LogP contribution in [-0.4, -0.2) is 52.7 Å². The van der Waals surface area contributed by atoms with Crippen molar-refractivity contribution >= 4 is 23.4 Å². The van der Waals surface area contributed by atoms with Crippen LogP contribution in [-0.2, 0) is 27.1 Å². The third-order valence-corrected chi connectivity index (χ3v) is 7.23. The predicted octanol–water partition coefficient (Wildman–Crippen LogP) is 3.47. The first kappa shape index (κ1) is 24.7. The van der Waals surface area contributed by atoms with Crippen molar-refractivity contribution in [3.8, 4) is 6.07 Å². The molecule has 1 aliphatic carbocycles. The highest BCUT2D eigenvalue weighted by Gasteiger charge is 2.57. The Morgan fingerprint density at radius 2 is 1.81 bits per heavy atom. The number of piperazine rings is 1. The quantitative estimate of drug-likeness (QED) is 0.585. The average molecular weight is 514 g/mol. The zero-order valence-corrected chi connectivity index (χ0v) is 19.6. The molecule has 5 rings (SSSR count). The van der Waals surface area contributed by atoms with Crippen LogP contribution in [0.5, 0.6) is 0 Å². The number of likely N-dealkylation sites (tertiary alicyclic amines) is 1. The highest BCUT2D eigenvalue weighted by atomic mass is 19.4. The second-order valence-electron chi connectivity index (χ2n) is 9.66. The van der Waals surface area contributed by atoms with E-state index in [1.807, 2.05) is 6.07 Å². The van der Waals surface area contributed by atoms with Crippen molar-refractivity contribution in [2.75, 3.05) is 24.5 Å². The Labute approximate surface area is 209 Å². The number of nitrogens with zero attached hydrogens (tertiary/aromatic N) is 4. The fraction of sp³-hybridized carbons (Fsp3) is 0.385. The lowest BCUT2D eigenvalue weighted by atomic mass is 9.89. The van der Waals surface area contributed by atoms with Crippen LogP contribution >= 0.6 is 0 Å². The van der Waals surface area contributed by atoms with Gasteiger partial charge in [0.1, 0.15) is 17.9 Å². The van der Waals surface area contributed by atoms with Gasteiger partial charge >= 0.3 is 6.18 Å². The first-order valence-electron chi connectivity index (χ1n) is 11.8. The van der Waals surface area contributed by atoms with Crippen molar-refractivity contribution in [2.45, 2.75) is 37.5 Å². The van der Waals surface area contributed by atoms with Gasteiger partial charge in [0.2, 0.25) is 11.8 Å². The monoisotopic (exact) mass is 514 g/mol. The Morgan fingerprint density at radius 3 is 2.41 bits per heavy atom. The summed E-state index contributed by atoms with van der Waals surface area (Å²) in [6.45, 7) is -0.484. The topological polar surface area (TPSA) is 84.7 Å². The van der Waals surface area contributed by atoms with Crippen LogP contribution in [0.4, 0.5) is 23.2 Å². The number of nitriles is 1. The largest absolute Gasteiger partial charge is 0.416 e. The maximum atomic E-state index is 14.9. The average Bonchev–Trinajstić information content (AvgIpc) is 3.62. The lowest BCUT2D eigenvalue weighted by Crippen LogP contribution is -2.69. The van der Waals surface area contributed by atoms with Gasteiger partial charge in [0.05, 0.1) is 29.4 Å². The minimum absolute atomic E-state index is 0.0535. The summed E-state index contributed by atoms with van der Waals surface area (Å²) in [6.07, 6.45) is -2.89. The van der Waals surface area contributed by atoms with Gasteiger partial charge in [-0.2, -0.15) is 18.4 Å². The number of hydrogen-bond donors (Lipinski definition) is 0. The van der Waals surface area contributed by atoms with Crippen molar-refractivity contribution in [3.63, 3.8) is 0 Å². The van der Waals surface area contributed by atoms with Crippen LogP contribution in [0.25, 0.3) is 0 Å². The molecule has 2 heterocycles. The summed E-state index contributed by atoms with van der Waals surface area (Å²) in [5, 5.41) is 9.03. The number of rotatable bonds is 4. The zero-order valence-electron chi connectivity index (χ0n) is 19.6. The molecule has 37 heavy (non-hydrogen) atoms. The fourth-order valence-corrected chi connectivity index (χ4v) is 5.07. The van der Waals surface area contributed by atoms with Gasteiger partial charge in [-0.15, -0.1) is 0 Å². The van der Waals surface area contributed by atoms with Gasteiger partial charge < -0.3 is 9.80 Å². The molecule has 3 aliphatic rings. The van der Waals surface area contributed by atoms with Gasteiger partial charge in [0.15, 0.2) is 0 Å². The van der Waals surface area contributed by atoms with Gasteiger partial charge in [-0.3, -0.25) is 19.3 Å². The molecule has 0 bridgehead atoms. The van der Waals surface area contributed by atoms with Gasteiger partial charge in [-0.25, -0.2) is 4.39 Å². The molecule has 7 nitrogen and oxygen atoms in total. The molecule has 2 aromatic rings. The van der Waals surface area contributed by atoms with E-state index in [1.165, 1.54) is 29.2 Å². The van der Waals surface area contributed by atoms with Crippen LogP contribution in [0.3, 0.4) is 0 Å². The second-order valence-corrected chi connectivity index (χ2v) is 9.66. The lowest BCUT2D eigenvalue weighted by molar-refractivity contribution is -0.151. The Kier molecular flexibility index (Phi) is 5.93. The predicted molar refractivity (Wildman–Crippen MR) is 122 cm³/mol. The summed E-state index contributed by atoms with van der Waals surface area (Å²) in [5.41, 5.74) is -2.05. The number of carbonyl (C=O) groups is 3. The molecule has 3 fully saturated rings. The van der Waals surface area contributed by atoms with Crippen molar-refractivity contribution < 1.29 is 31.9 Å². The van der Waals surface area contributed by atoms with E-state index in [4.69, 9.17) is 5.26 Å². The molecule has 1 spiro atoms. The molecule has 0 aromatic heterocycles. The highest BCUT2D eigenvalue weighted by molar-refractivity contribution is 6.10. The zero-order chi connectivity index (χ0) is 26.5. The number of halogens is 4. The summed E-state index contributed by atoms with van der Waals surface area (Å²) < 4.78 is 53.9. The van der Waals surface area contributed by atoms with Crippen LogP contribution in [0, 0.1) is 23.1 Å². The fourth-order valence-electron chi connectivity index (χ4n) is 5.07. The molecule has 1 saturated carbocycles. The highest BCUT2D eigenvalue weighted by Crippen LogP contribution is 2.40. The molecule has 0 unspecified atom stereocenters. The smallest absolute Gasteiger partial charge is 0.339 e. The molecule has 1 atom stereocenters. The van der Waals surface area contributed by atoms with E-state index < -0.39 is 41.5 Å². The van der Waals surface area contributed by atoms with E-state index >= 15 is 0 Å². The van der Waals surface area contributed by atoms with E-state index in [-0.39, 0.29) is 49.1 Å². The lowest BCUT2D eigenvalue weighted by Gasteiger charge is -2.47. The van der Waals surface area contributed by atoms with Crippen LogP contribution in [0.1, 0.15) is 36.0 Å². The number of anilines is 1. The second kappa shape index (κ2) is 8.87. The SMILES string of the molecule is N#Cc1ccc(N2CC(=O)N(Cc3ccc(C(F)(F)F)cc3)[C@@]3(CCN(C(=O)C4CC4)C3)C2=O)c(F)c1. The summed E-state index contributed by atoms with van der Waals surface area (Å²) in [6, 6.07) is 9.73. The Hall–Kier alpha value is -3.94. The Balaban J connectivity index is 1.50. The van der Waals surface area contributed by atoms with Gasteiger partial charge in [0, 0.05) is 19.0 Å². The van der Waals surface area contributed by atoms with Gasteiger partial charge in [-0.05, 0) is 55.2 Å². The Morgan fingerprint density at radius 1 is 1.11 bits per heavy atom. The molecule has 11 heteroatoms. The van der Waals surface area contributed by atoms with Crippen molar-refractivity contribution in [1.82, 2.24) is 9.80 Å². The van der Waals surface area contributed by atoms with Crippen molar-refractivity contribution in [3.05, 3.63) is 65.0 Å². The first-order valence-corrected chi connectivity index (χ1v) is 11.8. The van der Waals surface area contributed by atoms with E-state index in [0.29, 0.717) is 5.56 Å². The summed E-state index contributed by atoms with van der Waals surface area (Å²) >= 11 is 0. The number of alkyl halides is 3. The van der Waals surface area contributed by atoms with Crippen LogP contribution in [0.15, 0.2) is 42.5 Å². The summed E-state index contributed by atoms with van der Waals surface area (Å²) in [4.78, 5) is 44.1. The van der Waals surface area contributed by atoms with Gasteiger partial charge in [-0.1, -0.05) is 12.1 Å². The van der Waals surface area contributed by atoms with E-state index in [1.54, 1.807) is 4.90 Å². The van der Waals surface area contributed by atoms with Crippen molar-refractivity contribution in [1.29, 1.82) is 5.26 Å². The minimum atomic E-state index is -4.52. The molecule has 2 aliphatic heterocycles. The number of benzene rings is 2. The summed E-state index contributed by atoms with van der Waals surface area (Å²) in [7, 11) is 0. The van der Waals surface area contributed by atoms with E-state index in [2.05, 4.69) is 0 Å². The van der Waals surface area contributed by atoms with E-state index in [0.717, 1.165) is 35.9 Å². The molecule has 3 amide bonds. The number of carbonyl (C=O) groups excluding carboxylic acids is 3. The normalized spacial score (nSPS) is 22.1. The minimum Gasteiger partial charge on any atom is -0.339 e. The van der Waals surface area contributed by atoms with Crippen LogP contribution < -0.4 is 4.90 Å². The molecular weight excluding hydrogens is 492 g/mol. The molecule has 192 valence electrons. The number of hydrogen-bond acceptors (Lipinski definition) is 4. The molecule has 2 saturated heterocycles. The number of amides is 3. The Bertz CT molecular complexity index is 1320. The standard InChI is InChI=1S/C26H22F4N4O3/c27-20-11-17(12-31)3-8-21(20)33-14-22(35)34(13-16-1-6-19(7-2-16)26(28,29)30)25(24(33)37)9-10-32(15-25)23(36)18-4-5-18/h1-3,6-8,11,18H,4-5,9-10,13-15H2/t25-/m1/s1. The van der Waals surface area contributed by atoms with Crippen LogP contribution in [0.2, 0.25) is 0 Å². The maximum absolute atomic E-state index is 14.9. The maximum Gasteiger partial charge on any atom is 0.416 e. The van der Waals surface area contributed by atoms with E-state index in [9.17, 15) is 31.9 Å². The van der Waals surface area contributed by atoms with Crippen molar-refractivity contribution in [2.24, 2.45) is 5.92 Å². The van der Waals surface area contributed by atoms with Gasteiger partial charge in [0.25, 0.3) is 5.91 Å². The third-order valence-electron chi connectivity index (χ3n) is 7.23. The molecule has 0 N–H and O–H groups in total.